The fourth-order valence-corrected chi connectivity index (χ4v) is 9.33. The second kappa shape index (κ2) is 16.9. The third-order valence-electron chi connectivity index (χ3n) is 10.4. The summed E-state index contributed by atoms with van der Waals surface area (Å²) in [5.41, 5.74) is 2.78. The van der Waals surface area contributed by atoms with Crippen molar-refractivity contribution in [3.8, 4) is 5.75 Å². The molecule has 0 aliphatic rings. The Kier molecular flexibility index (Phi) is 11.1. The van der Waals surface area contributed by atoms with Gasteiger partial charge in [0.05, 0.1) is 33.3 Å². The molecule has 9 aromatic rings. The molecule has 0 atom stereocenters. The average Bonchev–Trinajstić information content (AvgIpc) is 3.29. The van der Waals surface area contributed by atoms with Crippen molar-refractivity contribution in [2.24, 2.45) is 30.7 Å². The number of fused-ring (bicyclic) bond motifs is 4. The van der Waals surface area contributed by atoms with Crippen molar-refractivity contribution >= 4 is 119 Å². The zero-order valence-corrected chi connectivity index (χ0v) is 36.1. The maximum Gasteiger partial charge on any atom is 0.296 e. The molecule has 0 amide bonds. The van der Waals surface area contributed by atoms with Gasteiger partial charge in [-0.2, -0.15) is 30.4 Å². The summed E-state index contributed by atoms with van der Waals surface area (Å²) in [7, 11) is -14.6. The van der Waals surface area contributed by atoms with E-state index >= 15 is 0 Å². The monoisotopic (exact) mass is 937 g/mol. The molecule has 0 aromatic heterocycles. The third kappa shape index (κ3) is 8.82. The number of azo groups is 3. The number of para-hydroxylation sites is 1. The zero-order valence-electron chi connectivity index (χ0n) is 33.7. The molecule has 0 aliphatic heterocycles. The van der Waals surface area contributed by atoms with Crippen LogP contribution in [0.5, 0.6) is 5.75 Å². The molecular formula is C46H31N7O10S3. The molecule has 0 saturated carbocycles. The normalized spacial score (nSPS) is 12.7. The zero-order chi connectivity index (χ0) is 46.4. The van der Waals surface area contributed by atoms with Crippen LogP contribution < -0.4 is 5.32 Å². The standard InChI is InChI=1S/C46H31N7O10S3/c54-46-33-17-16-30(47-29-8-2-1-3-9-29)22-28(33)24-44(66(61,62)63)45(46)53-52-42-21-20-41(36-12-6-7-13-37(36)42)51-50-40-19-18-39(34-10-4-5-11-35(34)40)49-48-31-15-14-27-23-32(64(55,56)57)26-43(38(27)25-31)65(58,59)60/h1-26,47,54H,(H,55,56,57)(H,58,59,60)(H,61,62,63). The van der Waals surface area contributed by atoms with Crippen molar-refractivity contribution in [3.05, 3.63) is 158 Å². The maximum atomic E-state index is 12.6. The van der Waals surface area contributed by atoms with Crippen LogP contribution >= 0.6 is 0 Å². The van der Waals surface area contributed by atoms with Gasteiger partial charge in [0.15, 0.2) is 5.75 Å². The largest absolute Gasteiger partial charge is 0.505 e. The summed E-state index contributed by atoms with van der Waals surface area (Å²) < 4.78 is 103. The van der Waals surface area contributed by atoms with Crippen LogP contribution in [0.1, 0.15) is 0 Å². The van der Waals surface area contributed by atoms with E-state index in [0.29, 0.717) is 61.4 Å². The van der Waals surface area contributed by atoms with Gasteiger partial charge in [0.1, 0.15) is 15.5 Å². The molecule has 17 nitrogen and oxygen atoms in total. The Bertz CT molecular complexity index is 3910. The van der Waals surface area contributed by atoms with Gasteiger partial charge in [0, 0.05) is 43.7 Å². The van der Waals surface area contributed by atoms with Crippen LogP contribution in [0.2, 0.25) is 0 Å². The number of hydrogen-bond acceptors (Lipinski definition) is 14. The molecule has 5 N–H and O–H groups in total. The fraction of sp³-hybridized carbons (Fsp3) is 0. The Morgan fingerprint density at radius 3 is 1.42 bits per heavy atom. The number of rotatable bonds is 11. The van der Waals surface area contributed by atoms with Gasteiger partial charge in [0.2, 0.25) is 0 Å². The first-order valence-corrected chi connectivity index (χ1v) is 23.7. The van der Waals surface area contributed by atoms with Crippen LogP contribution in [-0.2, 0) is 30.4 Å². The Morgan fingerprint density at radius 2 is 0.894 bits per heavy atom. The summed E-state index contributed by atoms with van der Waals surface area (Å²) in [4.78, 5) is -2.08. The molecule has 0 spiro atoms. The van der Waals surface area contributed by atoms with E-state index in [-0.39, 0.29) is 21.8 Å². The van der Waals surface area contributed by atoms with Gasteiger partial charge < -0.3 is 10.4 Å². The van der Waals surface area contributed by atoms with E-state index in [1.807, 2.05) is 36.4 Å². The van der Waals surface area contributed by atoms with E-state index in [1.54, 1.807) is 84.9 Å². The van der Waals surface area contributed by atoms with Crippen molar-refractivity contribution < 1.29 is 44.0 Å². The van der Waals surface area contributed by atoms with Crippen molar-refractivity contribution in [2.45, 2.75) is 14.7 Å². The number of phenols is 1. The topological polar surface area (TPSA) is 270 Å². The molecule has 9 rings (SSSR count). The number of benzene rings is 9. The summed E-state index contributed by atoms with van der Waals surface area (Å²) in [6.45, 7) is 0. The minimum Gasteiger partial charge on any atom is -0.505 e. The Balaban J connectivity index is 1.02. The minimum absolute atomic E-state index is 0.0484. The van der Waals surface area contributed by atoms with Crippen molar-refractivity contribution in [2.75, 3.05) is 5.32 Å². The van der Waals surface area contributed by atoms with E-state index in [1.165, 1.54) is 24.3 Å². The Labute approximate surface area is 375 Å². The van der Waals surface area contributed by atoms with Crippen LogP contribution in [0.3, 0.4) is 0 Å². The first-order valence-electron chi connectivity index (χ1n) is 19.4. The molecular weight excluding hydrogens is 907 g/mol. The predicted octanol–water partition coefficient (Wildman–Crippen LogP) is 12.7. The van der Waals surface area contributed by atoms with Crippen molar-refractivity contribution in [1.82, 2.24) is 0 Å². The summed E-state index contributed by atoms with van der Waals surface area (Å²) in [6.07, 6.45) is 0. The van der Waals surface area contributed by atoms with Gasteiger partial charge in [0.25, 0.3) is 30.4 Å². The van der Waals surface area contributed by atoms with Crippen molar-refractivity contribution in [3.63, 3.8) is 0 Å². The highest BCUT2D eigenvalue weighted by molar-refractivity contribution is 7.87. The first-order chi connectivity index (χ1) is 31.5. The lowest BCUT2D eigenvalue weighted by molar-refractivity contribution is 0.472. The van der Waals surface area contributed by atoms with E-state index in [0.717, 1.165) is 11.8 Å². The molecule has 0 aliphatic carbocycles. The van der Waals surface area contributed by atoms with Gasteiger partial charge in [-0.05, 0) is 95.7 Å². The maximum absolute atomic E-state index is 12.6. The van der Waals surface area contributed by atoms with Crippen molar-refractivity contribution in [1.29, 1.82) is 0 Å². The molecule has 0 unspecified atom stereocenters. The van der Waals surface area contributed by atoms with Gasteiger partial charge >= 0.3 is 0 Å². The molecule has 328 valence electrons. The molecule has 9 aromatic carbocycles. The number of aromatic hydroxyl groups is 1. The molecule has 0 saturated heterocycles. The van der Waals surface area contributed by atoms with Gasteiger partial charge in [-0.1, -0.05) is 72.8 Å². The first kappa shape index (κ1) is 43.4. The summed E-state index contributed by atoms with van der Waals surface area (Å²) in [5, 5.41) is 44.0. The van der Waals surface area contributed by atoms with Crippen LogP contribution in [0.4, 0.5) is 45.5 Å². The van der Waals surface area contributed by atoms with Crippen LogP contribution in [0, 0.1) is 0 Å². The fourth-order valence-electron chi connectivity index (χ4n) is 7.33. The lowest BCUT2D eigenvalue weighted by Gasteiger charge is -2.12. The lowest BCUT2D eigenvalue weighted by Crippen LogP contribution is -2.04. The average molecular weight is 938 g/mol. The van der Waals surface area contributed by atoms with Crippen LogP contribution in [0.15, 0.2) is 203 Å². The summed E-state index contributed by atoms with van der Waals surface area (Å²) in [5.74, 6) is -0.494. The molecule has 0 bridgehead atoms. The second-order valence-electron chi connectivity index (χ2n) is 14.6. The summed E-state index contributed by atoms with van der Waals surface area (Å²) >= 11 is 0. The second-order valence-corrected chi connectivity index (χ2v) is 18.9. The van der Waals surface area contributed by atoms with Gasteiger partial charge in [-0.3, -0.25) is 13.7 Å². The highest BCUT2D eigenvalue weighted by Crippen LogP contribution is 2.44. The lowest BCUT2D eigenvalue weighted by atomic mass is 10.1. The number of nitrogens with zero attached hydrogens (tertiary/aromatic N) is 6. The highest BCUT2D eigenvalue weighted by Gasteiger charge is 2.23. The van der Waals surface area contributed by atoms with Gasteiger partial charge in [-0.15, -0.1) is 25.6 Å². The Morgan fingerprint density at radius 1 is 0.379 bits per heavy atom. The number of hydrogen-bond donors (Lipinski definition) is 5. The quantitative estimate of drug-likeness (QED) is 0.0601. The third-order valence-corrected chi connectivity index (χ3v) is 13.0. The molecule has 0 heterocycles. The van der Waals surface area contributed by atoms with Crippen LogP contribution in [0.25, 0.3) is 43.1 Å². The van der Waals surface area contributed by atoms with E-state index < -0.39 is 56.5 Å². The number of phenolic OH excluding ortho intramolecular Hbond substituents is 1. The highest BCUT2D eigenvalue weighted by atomic mass is 32.2. The smallest absolute Gasteiger partial charge is 0.296 e. The Hall–Kier alpha value is -7.85. The number of anilines is 2. The minimum atomic E-state index is -4.92. The van der Waals surface area contributed by atoms with Crippen LogP contribution in [-0.4, -0.2) is 44.0 Å². The SMILES string of the molecule is O=S(=O)(O)c1cc(S(=O)(=O)O)c2cc(N=Nc3ccc(N=Nc4ccc(N=Nc5c(S(=O)(=O)O)cc6cc(Nc7ccccc7)ccc6c5O)c5ccccc45)c4ccccc34)ccc2c1. The predicted molar refractivity (Wildman–Crippen MR) is 249 cm³/mol. The van der Waals surface area contributed by atoms with E-state index in [4.69, 9.17) is 0 Å². The molecule has 20 heteroatoms. The summed E-state index contributed by atoms with van der Waals surface area (Å²) in [6, 6.07) is 42.3. The number of nitrogens with one attached hydrogen (secondary N) is 1. The van der Waals surface area contributed by atoms with Gasteiger partial charge in [-0.25, -0.2) is 0 Å². The molecule has 66 heavy (non-hydrogen) atoms. The molecule has 0 fully saturated rings. The van der Waals surface area contributed by atoms with E-state index in [2.05, 4.69) is 36.0 Å². The van der Waals surface area contributed by atoms with E-state index in [9.17, 15) is 44.0 Å². The molecule has 0 radical (unpaired) electrons.